The van der Waals surface area contributed by atoms with Crippen LogP contribution in [0.4, 0.5) is 0 Å². The Morgan fingerprint density at radius 1 is 1.26 bits per heavy atom. The molecule has 1 atom stereocenters. The van der Waals surface area contributed by atoms with Crippen LogP contribution in [0, 0.1) is 0 Å². The maximum Gasteiger partial charge on any atom is 0.222 e. The van der Waals surface area contributed by atoms with Gasteiger partial charge in [0.2, 0.25) is 5.91 Å². The Hall–Kier alpha value is -2.08. The van der Waals surface area contributed by atoms with Crippen LogP contribution in [0.15, 0.2) is 35.3 Å². The van der Waals surface area contributed by atoms with E-state index in [1.54, 1.807) is 7.11 Å². The average Bonchev–Trinajstić information content (AvgIpc) is 2.54. The van der Waals surface area contributed by atoms with Gasteiger partial charge in [0, 0.05) is 32.7 Å². The van der Waals surface area contributed by atoms with E-state index in [0.29, 0.717) is 32.1 Å². The standard InChI is InChI=1S/C17H28N4O2/c1-4-18-17(21-14(2)13-23-3)19-11-10-16(22)20-12-15-8-6-5-7-9-15/h5-9,14H,4,10-13H2,1-3H3,(H,20,22)(H2,18,19,21). The molecule has 3 N–H and O–H groups in total. The van der Waals surface area contributed by atoms with Gasteiger partial charge in [-0.2, -0.15) is 0 Å². The third-order valence-corrected chi connectivity index (χ3v) is 3.09. The summed E-state index contributed by atoms with van der Waals surface area (Å²) in [6.45, 7) is 6.38. The first-order valence-electron chi connectivity index (χ1n) is 8.00. The predicted octanol–water partition coefficient (Wildman–Crippen LogP) is 1.28. The first kappa shape index (κ1) is 19.0. The first-order chi connectivity index (χ1) is 11.2. The molecule has 0 heterocycles. The molecule has 0 bridgehead atoms. The van der Waals surface area contributed by atoms with Crippen molar-refractivity contribution in [2.24, 2.45) is 4.99 Å². The van der Waals surface area contributed by atoms with Crippen molar-refractivity contribution in [2.75, 3.05) is 26.8 Å². The summed E-state index contributed by atoms with van der Waals surface area (Å²) in [5.41, 5.74) is 1.09. The number of carbonyl (C=O) groups is 1. The van der Waals surface area contributed by atoms with Crippen molar-refractivity contribution in [3.63, 3.8) is 0 Å². The smallest absolute Gasteiger partial charge is 0.222 e. The van der Waals surface area contributed by atoms with Gasteiger partial charge < -0.3 is 20.7 Å². The van der Waals surface area contributed by atoms with E-state index in [2.05, 4.69) is 20.9 Å². The predicted molar refractivity (Wildman–Crippen MR) is 93.4 cm³/mol. The summed E-state index contributed by atoms with van der Waals surface area (Å²) in [5, 5.41) is 9.28. The molecule has 0 saturated heterocycles. The minimum atomic E-state index is -0.00149. The van der Waals surface area contributed by atoms with Crippen molar-refractivity contribution in [3.8, 4) is 0 Å². The number of guanidine groups is 1. The first-order valence-corrected chi connectivity index (χ1v) is 8.00. The number of aliphatic imine (C=N–C) groups is 1. The molecule has 0 spiro atoms. The number of nitrogens with zero attached hydrogens (tertiary/aromatic N) is 1. The fourth-order valence-corrected chi connectivity index (χ4v) is 2.00. The van der Waals surface area contributed by atoms with E-state index in [1.165, 1.54) is 0 Å². The number of nitrogens with one attached hydrogen (secondary N) is 3. The van der Waals surface area contributed by atoms with Gasteiger partial charge in [0.15, 0.2) is 5.96 Å². The Kier molecular flexibility index (Phi) is 9.47. The maximum atomic E-state index is 11.8. The van der Waals surface area contributed by atoms with Crippen LogP contribution in [-0.2, 0) is 16.1 Å². The van der Waals surface area contributed by atoms with Crippen molar-refractivity contribution in [2.45, 2.75) is 32.9 Å². The molecule has 1 unspecified atom stereocenters. The minimum Gasteiger partial charge on any atom is -0.383 e. The van der Waals surface area contributed by atoms with Crippen LogP contribution in [-0.4, -0.2) is 44.7 Å². The van der Waals surface area contributed by atoms with Gasteiger partial charge in [-0.1, -0.05) is 30.3 Å². The van der Waals surface area contributed by atoms with Gasteiger partial charge in [-0.05, 0) is 19.4 Å². The molecule has 23 heavy (non-hydrogen) atoms. The third kappa shape index (κ3) is 8.83. The van der Waals surface area contributed by atoms with Crippen molar-refractivity contribution in [1.82, 2.24) is 16.0 Å². The van der Waals surface area contributed by atoms with Crippen molar-refractivity contribution >= 4 is 11.9 Å². The lowest BCUT2D eigenvalue weighted by Gasteiger charge is -2.16. The Bertz CT molecular complexity index is 477. The molecular formula is C17H28N4O2. The topological polar surface area (TPSA) is 74.8 Å². The molecule has 128 valence electrons. The van der Waals surface area contributed by atoms with E-state index in [1.807, 2.05) is 44.2 Å². The molecule has 6 heteroatoms. The van der Waals surface area contributed by atoms with Gasteiger partial charge in [-0.15, -0.1) is 0 Å². The highest BCUT2D eigenvalue weighted by atomic mass is 16.5. The summed E-state index contributed by atoms with van der Waals surface area (Å²) in [6.07, 6.45) is 0.363. The van der Waals surface area contributed by atoms with E-state index >= 15 is 0 Å². The third-order valence-electron chi connectivity index (χ3n) is 3.09. The lowest BCUT2D eigenvalue weighted by molar-refractivity contribution is -0.121. The molecule has 0 aromatic heterocycles. The highest BCUT2D eigenvalue weighted by molar-refractivity contribution is 5.81. The van der Waals surface area contributed by atoms with Crippen molar-refractivity contribution in [3.05, 3.63) is 35.9 Å². The van der Waals surface area contributed by atoms with Gasteiger partial charge >= 0.3 is 0 Å². The summed E-state index contributed by atoms with van der Waals surface area (Å²) in [5.74, 6) is 0.700. The molecule has 1 rings (SSSR count). The summed E-state index contributed by atoms with van der Waals surface area (Å²) >= 11 is 0. The lowest BCUT2D eigenvalue weighted by atomic mass is 10.2. The van der Waals surface area contributed by atoms with E-state index in [0.717, 1.165) is 12.1 Å². The fourth-order valence-electron chi connectivity index (χ4n) is 2.00. The van der Waals surface area contributed by atoms with E-state index < -0.39 is 0 Å². The second-order valence-corrected chi connectivity index (χ2v) is 5.27. The fraction of sp³-hybridized carbons (Fsp3) is 0.529. The van der Waals surface area contributed by atoms with Gasteiger partial charge in [-0.25, -0.2) is 0 Å². The SMILES string of the molecule is CCNC(=NCCC(=O)NCc1ccccc1)NC(C)COC. The Morgan fingerprint density at radius 3 is 2.65 bits per heavy atom. The zero-order valence-corrected chi connectivity index (χ0v) is 14.3. The second-order valence-electron chi connectivity index (χ2n) is 5.27. The summed E-state index contributed by atoms with van der Waals surface area (Å²) in [4.78, 5) is 16.2. The molecule has 1 aromatic carbocycles. The van der Waals surface area contributed by atoms with Crippen LogP contribution < -0.4 is 16.0 Å². The zero-order chi connectivity index (χ0) is 16.9. The molecular weight excluding hydrogens is 292 g/mol. The largest absolute Gasteiger partial charge is 0.383 e. The molecule has 0 aliphatic carbocycles. The van der Waals surface area contributed by atoms with E-state index in [-0.39, 0.29) is 11.9 Å². The summed E-state index contributed by atoms with van der Waals surface area (Å²) in [6, 6.07) is 10.0. The zero-order valence-electron chi connectivity index (χ0n) is 14.3. The number of methoxy groups -OCH3 is 1. The maximum absolute atomic E-state index is 11.8. The van der Waals surface area contributed by atoms with Crippen LogP contribution in [0.3, 0.4) is 0 Å². The lowest BCUT2D eigenvalue weighted by Crippen LogP contribution is -2.44. The van der Waals surface area contributed by atoms with Crippen LogP contribution >= 0.6 is 0 Å². The van der Waals surface area contributed by atoms with Gasteiger partial charge in [0.1, 0.15) is 0 Å². The number of hydrogen-bond donors (Lipinski definition) is 3. The quantitative estimate of drug-likeness (QED) is 0.473. The molecule has 0 saturated carbocycles. The highest BCUT2D eigenvalue weighted by Gasteiger charge is 2.05. The van der Waals surface area contributed by atoms with Crippen molar-refractivity contribution < 1.29 is 9.53 Å². The van der Waals surface area contributed by atoms with Gasteiger partial charge in [0.05, 0.1) is 13.2 Å². The molecule has 6 nitrogen and oxygen atoms in total. The van der Waals surface area contributed by atoms with Crippen LogP contribution in [0.1, 0.15) is 25.8 Å². The van der Waals surface area contributed by atoms with E-state index in [9.17, 15) is 4.79 Å². The van der Waals surface area contributed by atoms with Gasteiger partial charge in [0.25, 0.3) is 0 Å². The average molecular weight is 320 g/mol. The normalized spacial score (nSPS) is 12.6. The number of rotatable bonds is 9. The molecule has 0 aliphatic heterocycles. The number of carbonyl (C=O) groups excluding carboxylic acids is 1. The molecule has 0 aliphatic rings. The molecule has 1 aromatic rings. The van der Waals surface area contributed by atoms with Gasteiger partial charge in [-0.3, -0.25) is 9.79 Å². The molecule has 1 amide bonds. The number of ether oxygens (including phenoxy) is 1. The highest BCUT2D eigenvalue weighted by Crippen LogP contribution is 1.97. The number of benzene rings is 1. The molecule has 0 radical (unpaired) electrons. The van der Waals surface area contributed by atoms with Crippen LogP contribution in [0.25, 0.3) is 0 Å². The summed E-state index contributed by atoms with van der Waals surface area (Å²) in [7, 11) is 1.67. The monoisotopic (exact) mass is 320 g/mol. The number of amides is 1. The molecule has 0 fully saturated rings. The Labute approximate surface area is 138 Å². The van der Waals surface area contributed by atoms with E-state index in [4.69, 9.17) is 4.74 Å². The van der Waals surface area contributed by atoms with Crippen LogP contribution in [0.2, 0.25) is 0 Å². The van der Waals surface area contributed by atoms with Crippen LogP contribution in [0.5, 0.6) is 0 Å². The Balaban J connectivity index is 2.33. The van der Waals surface area contributed by atoms with Crippen molar-refractivity contribution in [1.29, 1.82) is 0 Å². The number of hydrogen-bond acceptors (Lipinski definition) is 3. The minimum absolute atomic E-state index is 0.00149. The summed E-state index contributed by atoms with van der Waals surface area (Å²) < 4.78 is 5.09. The second kappa shape index (κ2) is 11.5. The Morgan fingerprint density at radius 2 is 2.00 bits per heavy atom.